The summed E-state index contributed by atoms with van der Waals surface area (Å²) in [6.45, 7) is 2.81. The van der Waals surface area contributed by atoms with Gasteiger partial charge in [0.2, 0.25) is 0 Å². The highest BCUT2D eigenvalue weighted by atomic mass is 19.2. The van der Waals surface area contributed by atoms with Crippen molar-refractivity contribution in [1.29, 1.82) is 0 Å². The van der Waals surface area contributed by atoms with Gasteiger partial charge in [-0.15, -0.1) is 0 Å². The van der Waals surface area contributed by atoms with Crippen molar-refractivity contribution in [1.82, 2.24) is 0 Å². The molecule has 1 aromatic carbocycles. The Kier molecular flexibility index (Phi) is 5.63. The minimum atomic E-state index is -0.679. The number of epoxide rings is 1. The van der Waals surface area contributed by atoms with E-state index in [1.807, 2.05) is 6.07 Å². The first-order valence-electron chi connectivity index (χ1n) is 10.8. The van der Waals surface area contributed by atoms with E-state index >= 15 is 0 Å². The fourth-order valence-corrected chi connectivity index (χ4v) is 5.63. The van der Waals surface area contributed by atoms with Crippen LogP contribution in [0.4, 0.5) is 8.78 Å². The second-order valence-electron chi connectivity index (χ2n) is 8.88. The van der Waals surface area contributed by atoms with Gasteiger partial charge in [-0.05, 0) is 67.8 Å². The Morgan fingerprint density at radius 1 is 0.846 bits per heavy atom. The third-order valence-corrected chi connectivity index (χ3v) is 7.29. The van der Waals surface area contributed by atoms with E-state index in [-0.39, 0.29) is 12.0 Å². The molecule has 26 heavy (non-hydrogen) atoms. The summed E-state index contributed by atoms with van der Waals surface area (Å²) in [6, 6.07) is 3.56. The molecule has 3 fully saturated rings. The lowest BCUT2D eigenvalue weighted by molar-refractivity contribution is 0.156. The fourth-order valence-electron chi connectivity index (χ4n) is 5.63. The number of hydrogen-bond donors (Lipinski definition) is 0. The third kappa shape index (κ3) is 3.83. The van der Waals surface area contributed by atoms with Gasteiger partial charge in [0.15, 0.2) is 11.6 Å². The van der Waals surface area contributed by atoms with Crippen LogP contribution in [0.5, 0.6) is 0 Å². The van der Waals surface area contributed by atoms with Crippen molar-refractivity contribution in [2.45, 2.75) is 83.2 Å². The van der Waals surface area contributed by atoms with Crippen molar-refractivity contribution in [3.8, 4) is 0 Å². The predicted molar refractivity (Wildman–Crippen MR) is 100 cm³/mol. The van der Waals surface area contributed by atoms with Crippen LogP contribution in [-0.4, -0.2) is 6.61 Å². The van der Waals surface area contributed by atoms with Crippen LogP contribution >= 0.6 is 0 Å². The third-order valence-electron chi connectivity index (χ3n) is 7.29. The molecule has 1 nitrogen and oxygen atoms in total. The van der Waals surface area contributed by atoms with Crippen LogP contribution in [0.2, 0.25) is 0 Å². The second-order valence-corrected chi connectivity index (χ2v) is 8.88. The molecule has 0 amide bonds. The van der Waals surface area contributed by atoms with Gasteiger partial charge in [0, 0.05) is 5.56 Å². The molecule has 1 saturated heterocycles. The highest BCUT2D eigenvalue weighted by Gasteiger charge is 2.34. The maximum Gasteiger partial charge on any atom is 0.165 e. The molecule has 144 valence electrons. The van der Waals surface area contributed by atoms with Crippen LogP contribution in [0.15, 0.2) is 12.1 Å². The van der Waals surface area contributed by atoms with Crippen molar-refractivity contribution in [3.05, 3.63) is 34.9 Å². The molecule has 1 heterocycles. The standard InChI is InChI=1S/C23H32F2O/c1-2-3-15-4-6-16(7-5-15)17-8-10-18(11-9-17)19-12-13-20(21-14-26-21)23(25)22(19)24/h12-13,15-18,21H,2-11,14H2,1H3/t15-,16-,17?,18?,21?. The van der Waals surface area contributed by atoms with Crippen molar-refractivity contribution in [3.63, 3.8) is 0 Å². The largest absolute Gasteiger partial charge is 0.368 e. The van der Waals surface area contributed by atoms with Gasteiger partial charge in [0.1, 0.15) is 6.10 Å². The van der Waals surface area contributed by atoms with E-state index in [2.05, 4.69) is 6.92 Å². The first-order chi connectivity index (χ1) is 12.7. The Morgan fingerprint density at radius 3 is 1.96 bits per heavy atom. The van der Waals surface area contributed by atoms with Crippen LogP contribution in [0.1, 0.15) is 94.3 Å². The van der Waals surface area contributed by atoms with E-state index in [4.69, 9.17) is 4.74 Å². The summed E-state index contributed by atoms with van der Waals surface area (Å²) >= 11 is 0. The average molecular weight is 363 g/mol. The van der Waals surface area contributed by atoms with Crippen LogP contribution in [0, 0.1) is 29.4 Å². The first-order valence-corrected chi connectivity index (χ1v) is 10.8. The normalized spacial score (nSPS) is 34.7. The van der Waals surface area contributed by atoms with Gasteiger partial charge < -0.3 is 4.74 Å². The molecule has 1 unspecified atom stereocenters. The molecule has 3 heteroatoms. The van der Waals surface area contributed by atoms with Gasteiger partial charge in [0.05, 0.1) is 6.61 Å². The van der Waals surface area contributed by atoms with Crippen LogP contribution in [-0.2, 0) is 4.74 Å². The fraction of sp³-hybridized carbons (Fsp3) is 0.739. The zero-order valence-corrected chi connectivity index (χ0v) is 16.0. The molecule has 2 aliphatic carbocycles. The van der Waals surface area contributed by atoms with Crippen LogP contribution in [0.25, 0.3) is 0 Å². The number of rotatable bonds is 5. The van der Waals surface area contributed by atoms with Crippen LogP contribution < -0.4 is 0 Å². The first kappa shape index (κ1) is 18.4. The molecule has 4 rings (SSSR count). The summed E-state index contributed by atoms with van der Waals surface area (Å²) in [5, 5.41) is 0. The molecule has 0 spiro atoms. The Bertz CT molecular complexity index is 609. The summed E-state index contributed by atoms with van der Waals surface area (Å²) in [5.74, 6) is 1.52. The summed E-state index contributed by atoms with van der Waals surface area (Å²) in [4.78, 5) is 0. The van der Waals surface area contributed by atoms with E-state index < -0.39 is 11.6 Å². The molecular weight excluding hydrogens is 330 g/mol. The lowest BCUT2D eigenvalue weighted by atomic mass is 9.68. The van der Waals surface area contributed by atoms with Crippen molar-refractivity contribution >= 4 is 0 Å². The van der Waals surface area contributed by atoms with Crippen LogP contribution in [0.3, 0.4) is 0 Å². The maximum atomic E-state index is 14.6. The second kappa shape index (κ2) is 7.96. The molecule has 2 saturated carbocycles. The minimum Gasteiger partial charge on any atom is -0.368 e. The van der Waals surface area contributed by atoms with Gasteiger partial charge in [-0.2, -0.15) is 0 Å². The van der Waals surface area contributed by atoms with Gasteiger partial charge in [-0.1, -0.05) is 44.7 Å². The van der Waals surface area contributed by atoms with Gasteiger partial charge in [0.25, 0.3) is 0 Å². The van der Waals surface area contributed by atoms with Gasteiger partial charge >= 0.3 is 0 Å². The van der Waals surface area contributed by atoms with Gasteiger partial charge in [-0.3, -0.25) is 0 Å². The van der Waals surface area contributed by atoms with E-state index in [9.17, 15) is 8.78 Å². The number of ether oxygens (including phenoxy) is 1. The monoisotopic (exact) mass is 362 g/mol. The smallest absolute Gasteiger partial charge is 0.165 e. The number of hydrogen-bond acceptors (Lipinski definition) is 1. The molecule has 0 N–H and O–H groups in total. The lowest BCUT2D eigenvalue weighted by Gasteiger charge is -2.38. The molecule has 0 aromatic heterocycles. The topological polar surface area (TPSA) is 12.5 Å². The quantitative estimate of drug-likeness (QED) is 0.518. The Balaban J connectivity index is 1.33. The Hall–Kier alpha value is -0.960. The van der Waals surface area contributed by atoms with Gasteiger partial charge in [-0.25, -0.2) is 8.78 Å². The molecule has 3 aliphatic rings. The Morgan fingerprint density at radius 2 is 1.38 bits per heavy atom. The number of benzene rings is 1. The average Bonchev–Trinajstić information content (AvgIpc) is 3.50. The molecule has 1 aliphatic heterocycles. The van der Waals surface area contributed by atoms with E-state index in [1.165, 1.54) is 51.4 Å². The summed E-state index contributed by atoms with van der Waals surface area (Å²) in [7, 11) is 0. The van der Waals surface area contributed by atoms with Crippen molar-refractivity contribution < 1.29 is 13.5 Å². The minimum absolute atomic E-state index is 0.186. The maximum absolute atomic E-state index is 14.6. The summed E-state index contributed by atoms with van der Waals surface area (Å²) in [5.41, 5.74) is 0.987. The molecule has 1 atom stereocenters. The summed E-state index contributed by atoms with van der Waals surface area (Å²) in [6.07, 6.45) is 12.5. The molecular formula is C23H32F2O. The van der Waals surface area contributed by atoms with Crippen molar-refractivity contribution in [2.75, 3.05) is 6.61 Å². The molecule has 0 radical (unpaired) electrons. The highest BCUT2D eigenvalue weighted by molar-refractivity contribution is 5.32. The predicted octanol–water partition coefficient (Wildman–Crippen LogP) is 6.92. The molecule has 1 aromatic rings. The zero-order valence-electron chi connectivity index (χ0n) is 16.0. The van der Waals surface area contributed by atoms with E-state index in [0.717, 1.165) is 30.6 Å². The lowest BCUT2D eigenvalue weighted by Crippen LogP contribution is -2.25. The number of halogens is 2. The zero-order chi connectivity index (χ0) is 18.1. The molecule has 0 bridgehead atoms. The van der Waals surface area contributed by atoms with E-state index in [1.54, 1.807) is 6.07 Å². The highest BCUT2D eigenvalue weighted by Crippen LogP contribution is 2.45. The SMILES string of the molecule is CCC[C@H]1CC[C@H](C2CCC(c3ccc(C4CO4)c(F)c3F)CC2)CC1. The van der Waals surface area contributed by atoms with E-state index in [0.29, 0.717) is 17.7 Å². The summed E-state index contributed by atoms with van der Waals surface area (Å²) < 4.78 is 34.0. The Labute approximate surface area is 156 Å². The van der Waals surface area contributed by atoms with Crippen molar-refractivity contribution in [2.24, 2.45) is 17.8 Å².